The Morgan fingerprint density at radius 1 is 1.28 bits per heavy atom. The van der Waals surface area contributed by atoms with Crippen molar-refractivity contribution in [1.82, 2.24) is 15.3 Å². The first-order chi connectivity index (χ1) is 8.83. The lowest BCUT2D eigenvalue weighted by Gasteiger charge is -2.01. The third-order valence-corrected chi connectivity index (χ3v) is 2.75. The van der Waals surface area contributed by atoms with Crippen LogP contribution in [0.25, 0.3) is 11.3 Å². The molecule has 0 aliphatic heterocycles. The van der Waals surface area contributed by atoms with E-state index >= 15 is 0 Å². The van der Waals surface area contributed by atoms with Crippen LogP contribution < -0.4 is 10.1 Å². The quantitative estimate of drug-likeness (QED) is 0.769. The monoisotopic (exact) mass is 245 g/mol. The van der Waals surface area contributed by atoms with Crippen molar-refractivity contribution in [2.24, 2.45) is 0 Å². The van der Waals surface area contributed by atoms with Gasteiger partial charge in [0.2, 0.25) is 0 Å². The van der Waals surface area contributed by atoms with Gasteiger partial charge in [-0.15, -0.1) is 0 Å². The normalized spacial score (nSPS) is 10.6. The SMILES string of the molecule is CCCNCc1ncc(-c2ccc(OC)cc2)[nH]1. The summed E-state index contributed by atoms with van der Waals surface area (Å²) in [6.45, 7) is 3.94. The molecule has 2 aromatic rings. The molecule has 4 nitrogen and oxygen atoms in total. The molecule has 0 bridgehead atoms. The Labute approximate surface area is 107 Å². The highest BCUT2D eigenvalue weighted by Crippen LogP contribution is 2.20. The molecule has 0 saturated carbocycles. The van der Waals surface area contributed by atoms with Crippen LogP contribution in [0.1, 0.15) is 19.2 Å². The predicted octanol–water partition coefficient (Wildman–Crippen LogP) is 2.58. The minimum atomic E-state index is 0.782. The number of benzene rings is 1. The second-order valence-electron chi connectivity index (χ2n) is 4.15. The molecule has 0 aliphatic rings. The zero-order valence-corrected chi connectivity index (χ0v) is 10.9. The van der Waals surface area contributed by atoms with Crippen molar-refractivity contribution in [2.45, 2.75) is 19.9 Å². The van der Waals surface area contributed by atoms with Crippen LogP contribution in [-0.4, -0.2) is 23.6 Å². The maximum atomic E-state index is 5.14. The van der Waals surface area contributed by atoms with Crippen molar-refractivity contribution in [1.29, 1.82) is 0 Å². The molecule has 4 heteroatoms. The average molecular weight is 245 g/mol. The Bertz CT molecular complexity index is 476. The second-order valence-corrected chi connectivity index (χ2v) is 4.15. The second kappa shape index (κ2) is 6.21. The molecule has 1 aromatic heterocycles. The molecule has 0 spiro atoms. The number of hydrogen-bond acceptors (Lipinski definition) is 3. The van der Waals surface area contributed by atoms with Gasteiger partial charge in [0.15, 0.2) is 0 Å². The van der Waals surface area contributed by atoms with E-state index in [0.29, 0.717) is 0 Å². The molecule has 0 unspecified atom stereocenters. The van der Waals surface area contributed by atoms with Gasteiger partial charge in [-0.3, -0.25) is 0 Å². The minimum Gasteiger partial charge on any atom is -0.497 e. The smallest absolute Gasteiger partial charge is 0.120 e. The third-order valence-electron chi connectivity index (χ3n) is 2.75. The maximum absolute atomic E-state index is 5.14. The van der Waals surface area contributed by atoms with E-state index in [4.69, 9.17) is 4.74 Å². The van der Waals surface area contributed by atoms with Crippen molar-refractivity contribution in [3.8, 4) is 17.0 Å². The summed E-state index contributed by atoms with van der Waals surface area (Å²) in [5.74, 6) is 1.83. The van der Waals surface area contributed by atoms with Crippen LogP contribution in [0.15, 0.2) is 30.5 Å². The summed E-state index contributed by atoms with van der Waals surface area (Å²) in [5, 5.41) is 3.32. The average Bonchev–Trinajstić information content (AvgIpc) is 2.88. The van der Waals surface area contributed by atoms with Crippen LogP contribution in [0, 0.1) is 0 Å². The first kappa shape index (κ1) is 12.6. The molecule has 2 N–H and O–H groups in total. The van der Waals surface area contributed by atoms with E-state index in [-0.39, 0.29) is 0 Å². The molecule has 0 radical (unpaired) electrons. The summed E-state index contributed by atoms with van der Waals surface area (Å²) in [7, 11) is 1.67. The molecule has 0 atom stereocenters. The van der Waals surface area contributed by atoms with Crippen LogP contribution in [0.4, 0.5) is 0 Å². The minimum absolute atomic E-state index is 0.782. The Morgan fingerprint density at radius 3 is 2.72 bits per heavy atom. The first-order valence-corrected chi connectivity index (χ1v) is 6.22. The number of ether oxygens (including phenoxy) is 1. The molecule has 2 rings (SSSR count). The van der Waals surface area contributed by atoms with E-state index in [9.17, 15) is 0 Å². The Balaban J connectivity index is 2.04. The summed E-state index contributed by atoms with van der Waals surface area (Å²) in [5.41, 5.74) is 2.15. The lowest BCUT2D eigenvalue weighted by Crippen LogP contribution is -2.14. The Kier molecular flexibility index (Phi) is 4.36. The van der Waals surface area contributed by atoms with Gasteiger partial charge < -0.3 is 15.0 Å². The molecule has 1 aromatic carbocycles. The molecule has 0 saturated heterocycles. The van der Waals surface area contributed by atoms with Crippen molar-refractivity contribution in [3.05, 3.63) is 36.3 Å². The van der Waals surface area contributed by atoms with E-state index in [0.717, 1.165) is 42.3 Å². The van der Waals surface area contributed by atoms with E-state index in [2.05, 4.69) is 22.2 Å². The van der Waals surface area contributed by atoms with Gasteiger partial charge in [-0.05, 0) is 42.8 Å². The molecule has 18 heavy (non-hydrogen) atoms. The Hall–Kier alpha value is -1.81. The zero-order valence-electron chi connectivity index (χ0n) is 10.9. The summed E-state index contributed by atoms with van der Waals surface area (Å²) in [4.78, 5) is 7.67. The lowest BCUT2D eigenvalue weighted by molar-refractivity contribution is 0.415. The molecule has 96 valence electrons. The zero-order chi connectivity index (χ0) is 12.8. The van der Waals surface area contributed by atoms with E-state index in [1.807, 2.05) is 30.5 Å². The van der Waals surface area contributed by atoms with Crippen molar-refractivity contribution >= 4 is 0 Å². The highest BCUT2D eigenvalue weighted by atomic mass is 16.5. The number of imidazole rings is 1. The number of aromatic nitrogens is 2. The Morgan fingerprint density at radius 2 is 2.06 bits per heavy atom. The standard InChI is InChI=1S/C14H19N3O/c1-3-8-15-10-14-16-9-13(17-14)11-4-6-12(18-2)7-5-11/h4-7,9,15H,3,8,10H2,1-2H3,(H,16,17). The number of hydrogen-bond donors (Lipinski definition) is 2. The number of rotatable bonds is 6. The summed E-state index contributed by atoms with van der Waals surface area (Å²) in [6.07, 6.45) is 3.00. The number of nitrogens with one attached hydrogen (secondary N) is 2. The van der Waals surface area contributed by atoms with Crippen molar-refractivity contribution in [2.75, 3.05) is 13.7 Å². The van der Waals surface area contributed by atoms with Gasteiger partial charge in [-0.1, -0.05) is 6.92 Å². The highest BCUT2D eigenvalue weighted by molar-refractivity contribution is 5.59. The van der Waals surface area contributed by atoms with Gasteiger partial charge in [-0.25, -0.2) is 4.98 Å². The number of H-pyrrole nitrogens is 1. The van der Waals surface area contributed by atoms with Gasteiger partial charge in [0.1, 0.15) is 11.6 Å². The number of methoxy groups -OCH3 is 1. The van der Waals surface area contributed by atoms with Gasteiger partial charge in [0.25, 0.3) is 0 Å². The van der Waals surface area contributed by atoms with Gasteiger partial charge in [0.05, 0.1) is 25.5 Å². The highest BCUT2D eigenvalue weighted by Gasteiger charge is 2.03. The molecule has 1 heterocycles. The third kappa shape index (κ3) is 3.11. The fourth-order valence-electron chi connectivity index (χ4n) is 1.75. The van der Waals surface area contributed by atoms with Crippen LogP contribution in [0.3, 0.4) is 0 Å². The fraction of sp³-hybridized carbons (Fsp3) is 0.357. The number of nitrogens with zero attached hydrogens (tertiary/aromatic N) is 1. The fourth-order valence-corrected chi connectivity index (χ4v) is 1.75. The van der Waals surface area contributed by atoms with E-state index in [1.165, 1.54) is 0 Å². The van der Waals surface area contributed by atoms with E-state index in [1.54, 1.807) is 7.11 Å². The first-order valence-electron chi connectivity index (χ1n) is 6.22. The van der Waals surface area contributed by atoms with Gasteiger partial charge in [0, 0.05) is 0 Å². The van der Waals surface area contributed by atoms with Gasteiger partial charge >= 0.3 is 0 Å². The van der Waals surface area contributed by atoms with Crippen LogP contribution in [-0.2, 0) is 6.54 Å². The largest absolute Gasteiger partial charge is 0.497 e. The van der Waals surface area contributed by atoms with E-state index < -0.39 is 0 Å². The van der Waals surface area contributed by atoms with Crippen LogP contribution in [0.5, 0.6) is 5.75 Å². The van der Waals surface area contributed by atoms with Crippen molar-refractivity contribution in [3.63, 3.8) is 0 Å². The molecular formula is C14H19N3O. The maximum Gasteiger partial charge on any atom is 0.120 e. The van der Waals surface area contributed by atoms with Crippen LogP contribution >= 0.6 is 0 Å². The molecule has 0 fully saturated rings. The summed E-state index contributed by atoms with van der Waals surface area (Å²) in [6, 6.07) is 7.95. The summed E-state index contributed by atoms with van der Waals surface area (Å²) >= 11 is 0. The molecular weight excluding hydrogens is 226 g/mol. The van der Waals surface area contributed by atoms with Crippen molar-refractivity contribution < 1.29 is 4.74 Å². The van der Waals surface area contributed by atoms with Crippen LogP contribution in [0.2, 0.25) is 0 Å². The molecule has 0 aliphatic carbocycles. The predicted molar refractivity (Wildman–Crippen MR) is 72.6 cm³/mol. The molecule has 0 amide bonds. The lowest BCUT2D eigenvalue weighted by atomic mass is 10.2. The topological polar surface area (TPSA) is 49.9 Å². The van der Waals surface area contributed by atoms with Gasteiger partial charge in [-0.2, -0.15) is 0 Å². The summed E-state index contributed by atoms with van der Waals surface area (Å²) < 4.78 is 5.14. The number of aromatic amines is 1.